The van der Waals surface area contributed by atoms with Crippen molar-refractivity contribution in [2.45, 2.75) is 18.4 Å². The Labute approximate surface area is 200 Å². The quantitative estimate of drug-likeness (QED) is 0.214. The summed E-state index contributed by atoms with van der Waals surface area (Å²) in [7, 11) is 0. The van der Waals surface area contributed by atoms with Crippen LogP contribution in [0.5, 0.6) is 5.75 Å². The van der Waals surface area contributed by atoms with Gasteiger partial charge in [0.15, 0.2) is 5.75 Å². The topological polar surface area (TPSA) is 50.7 Å². The molecule has 0 fully saturated rings. The Morgan fingerprint density at radius 2 is 1.68 bits per heavy atom. The lowest BCUT2D eigenvalue weighted by Gasteiger charge is -2.11. The molecule has 0 bridgehead atoms. The van der Waals surface area contributed by atoms with Gasteiger partial charge < -0.3 is 4.74 Å². The monoisotopic (exact) mass is 492 g/mol. The Morgan fingerprint density at radius 1 is 1.03 bits per heavy atom. The van der Waals surface area contributed by atoms with Gasteiger partial charge in [0.05, 0.1) is 22.0 Å². The number of halogens is 3. The fourth-order valence-corrected chi connectivity index (χ4v) is 3.95. The van der Waals surface area contributed by atoms with Crippen molar-refractivity contribution >= 4 is 58.7 Å². The summed E-state index contributed by atoms with van der Waals surface area (Å²) in [6, 6.07) is 18.6. The van der Waals surface area contributed by atoms with Crippen LogP contribution in [0.4, 0.5) is 0 Å². The highest BCUT2D eigenvalue weighted by Crippen LogP contribution is 2.34. The smallest absolute Gasteiger partial charge is 0.250 e. The molecule has 1 amide bonds. The van der Waals surface area contributed by atoms with Crippen molar-refractivity contribution in [3.05, 3.63) is 92.4 Å². The largest absolute Gasteiger partial charge is 0.486 e. The van der Waals surface area contributed by atoms with E-state index in [0.29, 0.717) is 33.0 Å². The van der Waals surface area contributed by atoms with Crippen molar-refractivity contribution in [3.63, 3.8) is 0 Å². The third-order valence-electron chi connectivity index (χ3n) is 4.11. The van der Waals surface area contributed by atoms with E-state index in [4.69, 9.17) is 39.5 Å². The lowest BCUT2D eigenvalue weighted by Crippen LogP contribution is -2.19. The van der Waals surface area contributed by atoms with Crippen molar-refractivity contribution in [2.24, 2.45) is 5.10 Å². The van der Waals surface area contributed by atoms with Gasteiger partial charge in [-0.05, 0) is 54.4 Å². The minimum atomic E-state index is -0.230. The fraction of sp³-hybridized carbons (Fsp3) is 0.130. The van der Waals surface area contributed by atoms with Gasteiger partial charge in [-0.3, -0.25) is 4.79 Å². The van der Waals surface area contributed by atoms with Crippen molar-refractivity contribution in [2.75, 3.05) is 5.75 Å². The molecule has 0 aromatic heterocycles. The number of hydrazone groups is 1. The van der Waals surface area contributed by atoms with E-state index < -0.39 is 0 Å². The zero-order valence-electron chi connectivity index (χ0n) is 16.6. The maximum Gasteiger partial charge on any atom is 0.250 e. The number of rotatable bonds is 8. The molecule has 0 saturated carbocycles. The van der Waals surface area contributed by atoms with Gasteiger partial charge >= 0.3 is 0 Å². The Bertz CT molecular complexity index is 1050. The van der Waals surface area contributed by atoms with Crippen LogP contribution in [0.25, 0.3) is 0 Å². The number of ether oxygens (including phenoxy) is 1. The van der Waals surface area contributed by atoms with Gasteiger partial charge in [0.25, 0.3) is 0 Å². The Balaban J connectivity index is 1.52. The summed E-state index contributed by atoms with van der Waals surface area (Å²) in [5.41, 5.74) is 5.32. The molecule has 0 saturated heterocycles. The summed E-state index contributed by atoms with van der Waals surface area (Å²) < 4.78 is 5.78. The minimum absolute atomic E-state index is 0.228. The summed E-state index contributed by atoms with van der Waals surface area (Å²) in [4.78, 5) is 12.9. The van der Waals surface area contributed by atoms with E-state index in [-0.39, 0.29) is 11.7 Å². The van der Waals surface area contributed by atoms with Crippen molar-refractivity contribution in [3.8, 4) is 5.75 Å². The molecule has 3 aromatic carbocycles. The van der Waals surface area contributed by atoms with Crippen LogP contribution >= 0.6 is 46.6 Å². The molecule has 0 aliphatic rings. The molecule has 3 rings (SSSR count). The molecule has 160 valence electrons. The van der Waals surface area contributed by atoms with Crippen molar-refractivity contribution in [1.29, 1.82) is 0 Å². The number of aryl methyl sites for hydroxylation is 1. The normalized spacial score (nSPS) is 11.0. The van der Waals surface area contributed by atoms with Crippen LogP contribution in [0.1, 0.15) is 16.7 Å². The van der Waals surface area contributed by atoms with Crippen LogP contribution in [0.3, 0.4) is 0 Å². The molecule has 8 heteroatoms. The third kappa shape index (κ3) is 7.47. The molecule has 3 aromatic rings. The van der Waals surface area contributed by atoms with Gasteiger partial charge in [0.2, 0.25) is 5.91 Å². The Hall–Kier alpha value is -2.18. The summed E-state index contributed by atoms with van der Waals surface area (Å²) in [5.74, 6) is 0.405. The van der Waals surface area contributed by atoms with Crippen LogP contribution in [0.2, 0.25) is 15.1 Å². The van der Waals surface area contributed by atoms with E-state index in [9.17, 15) is 4.79 Å². The van der Waals surface area contributed by atoms with E-state index in [0.717, 1.165) is 10.5 Å². The highest BCUT2D eigenvalue weighted by molar-refractivity contribution is 8.00. The number of hydrogen-bond acceptors (Lipinski definition) is 4. The molecule has 1 N–H and O–H groups in total. The van der Waals surface area contributed by atoms with Crippen LogP contribution in [-0.4, -0.2) is 17.9 Å². The van der Waals surface area contributed by atoms with E-state index in [1.165, 1.54) is 23.5 Å². The van der Waals surface area contributed by atoms with Gasteiger partial charge in [-0.15, -0.1) is 11.8 Å². The minimum Gasteiger partial charge on any atom is -0.486 e. The van der Waals surface area contributed by atoms with Gasteiger partial charge in [-0.25, -0.2) is 5.43 Å². The van der Waals surface area contributed by atoms with E-state index in [2.05, 4.69) is 10.5 Å². The molecular weight excluding hydrogens is 475 g/mol. The molecule has 0 radical (unpaired) electrons. The predicted molar refractivity (Wildman–Crippen MR) is 130 cm³/mol. The average Bonchev–Trinajstić information content (AvgIpc) is 2.74. The summed E-state index contributed by atoms with van der Waals surface area (Å²) in [5, 5.41) is 5.35. The zero-order valence-corrected chi connectivity index (χ0v) is 19.7. The second-order valence-electron chi connectivity index (χ2n) is 6.62. The SMILES string of the molecule is Cc1ccc(COc2c(Cl)cc(/C=N\NC(=O)CSc3ccc(Cl)cc3)cc2Cl)cc1. The number of nitrogens with one attached hydrogen (secondary N) is 1. The predicted octanol–water partition coefficient (Wildman–Crippen LogP) is 6.78. The number of amides is 1. The van der Waals surface area contributed by atoms with Gasteiger partial charge in [-0.2, -0.15) is 5.10 Å². The fourth-order valence-electron chi connectivity index (χ4n) is 2.52. The summed E-state index contributed by atoms with van der Waals surface area (Å²) in [6.07, 6.45) is 1.48. The van der Waals surface area contributed by atoms with Gasteiger partial charge in [0.1, 0.15) is 6.61 Å². The van der Waals surface area contributed by atoms with Crippen LogP contribution < -0.4 is 10.2 Å². The Morgan fingerprint density at radius 3 is 2.32 bits per heavy atom. The number of carbonyl (C=O) groups is 1. The van der Waals surface area contributed by atoms with Crippen molar-refractivity contribution < 1.29 is 9.53 Å². The lowest BCUT2D eigenvalue weighted by atomic mass is 10.2. The van der Waals surface area contributed by atoms with Crippen LogP contribution in [0.15, 0.2) is 70.7 Å². The standard InChI is InChI=1S/C23H19Cl3N2O2S/c1-15-2-4-16(5-3-15)13-30-23-20(25)10-17(11-21(23)26)12-27-28-22(29)14-31-19-8-6-18(24)7-9-19/h2-12H,13-14H2,1H3,(H,28,29)/b27-12-. The van der Waals surface area contributed by atoms with Gasteiger partial charge in [-0.1, -0.05) is 64.6 Å². The van der Waals surface area contributed by atoms with Gasteiger partial charge in [0, 0.05) is 9.92 Å². The van der Waals surface area contributed by atoms with E-state index >= 15 is 0 Å². The number of thioether (sulfide) groups is 1. The molecule has 0 aliphatic heterocycles. The molecule has 0 atom stereocenters. The molecule has 31 heavy (non-hydrogen) atoms. The van der Waals surface area contributed by atoms with E-state index in [1.807, 2.05) is 43.3 Å². The lowest BCUT2D eigenvalue weighted by molar-refractivity contribution is -0.118. The first-order chi connectivity index (χ1) is 14.9. The molecule has 0 spiro atoms. The highest BCUT2D eigenvalue weighted by atomic mass is 35.5. The number of carbonyl (C=O) groups excluding carboxylic acids is 1. The maximum atomic E-state index is 12.0. The highest BCUT2D eigenvalue weighted by Gasteiger charge is 2.10. The van der Waals surface area contributed by atoms with Crippen molar-refractivity contribution in [1.82, 2.24) is 5.43 Å². The Kier molecular flexibility index (Phi) is 8.67. The second-order valence-corrected chi connectivity index (χ2v) is 8.92. The summed E-state index contributed by atoms with van der Waals surface area (Å²) >= 11 is 19.9. The second kappa shape index (κ2) is 11.4. The molecule has 4 nitrogen and oxygen atoms in total. The number of nitrogens with zero attached hydrogens (tertiary/aromatic N) is 1. The molecular formula is C23H19Cl3N2O2S. The maximum absolute atomic E-state index is 12.0. The third-order valence-corrected chi connectivity index (χ3v) is 5.94. The molecule has 0 aliphatic carbocycles. The average molecular weight is 494 g/mol. The van der Waals surface area contributed by atoms with Crippen LogP contribution in [0, 0.1) is 6.92 Å². The first-order valence-corrected chi connectivity index (χ1v) is 11.4. The zero-order chi connectivity index (χ0) is 22.2. The first-order valence-electron chi connectivity index (χ1n) is 9.28. The number of benzene rings is 3. The summed E-state index contributed by atoms with van der Waals surface area (Å²) in [6.45, 7) is 2.38. The number of hydrogen-bond donors (Lipinski definition) is 1. The van der Waals surface area contributed by atoms with E-state index in [1.54, 1.807) is 24.3 Å². The molecule has 0 heterocycles. The first kappa shape index (κ1) is 23.5. The molecule has 0 unspecified atom stereocenters. The van der Waals surface area contributed by atoms with Crippen LogP contribution in [-0.2, 0) is 11.4 Å².